The van der Waals surface area contributed by atoms with E-state index in [0.29, 0.717) is 12.1 Å². The fraction of sp³-hybridized carbons (Fsp3) is 0.235. The Balaban J connectivity index is 1.97. The number of aliphatic hydroxyl groups is 1. The van der Waals surface area contributed by atoms with E-state index < -0.39 is 0 Å². The number of rotatable bonds is 3. The van der Waals surface area contributed by atoms with Crippen LogP contribution in [0.1, 0.15) is 31.9 Å². The van der Waals surface area contributed by atoms with Gasteiger partial charge in [-0.1, -0.05) is 17.9 Å². The predicted octanol–water partition coefficient (Wildman–Crippen LogP) is 2.64. The van der Waals surface area contributed by atoms with E-state index >= 15 is 0 Å². The largest absolute Gasteiger partial charge is 0.384 e. The summed E-state index contributed by atoms with van der Waals surface area (Å²) in [5.41, 5.74) is 3.83. The fourth-order valence-electron chi connectivity index (χ4n) is 1.83. The van der Waals surface area contributed by atoms with Crippen molar-refractivity contribution in [3.05, 3.63) is 56.8 Å². The highest BCUT2D eigenvalue weighted by Crippen LogP contribution is 2.14. The molecule has 2 rings (SSSR count). The molecular weight excluding hydrogens is 282 g/mol. The van der Waals surface area contributed by atoms with E-state index in [9.17, 15) is 4.79 Å². The smallest absolute Gasteiger partial charge is 0.251 e. The lowest BCUT2D eigenvalue weighted by Gasteiger charge is -2.06. The number of hydrogen-bond donors (Lipinski definition) is 2. The molecule has 0 radical (unpaired) electrons. The first-order valence-electron chi connectivity index (χ1n) is 6.62. The number of hydrogen-bond acceptors (Lipinski definition) is 3. The number of aryl methyl sites for hydroxylation is 2. The molecule has 0 aliphatic carbocycles. The highest BCUT2D eigenvalue weighted by molar-refractivity contribution is 7.10. The number of amides is 1. The topological polar surface area (TPSA) is 49.3 Å². The van der Waals surface area contributed by atoms with E-state index in [4.69, 9.17) is 5.11 Å². The normalized spacial score (nSPS) is 9.86. The number of carbonyl (C=O) groups is 1. The van der Waals surface area contributed by atoms with Gasteiger partial charge in [0.05, 0.1) is 6.54 Å². The maximum Gasteiger partial charge on any atom is 0.251 e. The summed E-state index contributed by atoms with van der Waals surface area (Å²) in [4.78, 5) is 13.1. The summed E-state index contributed by atoms with van der Waals surface area (Å²) in [5, 5.41) is 13.5. The van der Waals surface area contributed by atoms with Crippen LogP contribution in [0.15, 0.2) is 29.6 Å². The zero-order chi connectivity index (χ0) is 15.2. The second kappa shape index (κ2) is 7.07. The van der Waals surface area contributed by atoms with Crippen LogP contribution >= 0.6 is 11.3 Å². The van der Waals surface area contributed by atoms with E-state index in [2.05, 4.69) is 17.2 Å². The number of carbonyl (C=O) groups excluding carboxylic acids is 1. The molecule has 0 atom stereocenters. The first-order valence-corrected chi connectivity index (χ1v) is 7.50. The number of benzene rings is 1. The first-order chi connectivity index (χ1) is 10.1. The minimum Gasteiger partial charge on any atom is -0.384 e. The van der Waals surface area contributed by atoms with Crippen LogP contribution in [0.3, 0.4) is 0 Å². The highest BCUT2D eigenvalue weighted by Gasteiger charge is 2.07. The van der Waals surface area contributed by atoms with Crippen molar-refractivity contribution in [1.82, 2.24) is 5.32 Å². The highest BCUT2D eigenvalue weighted by atomic mass is 32.1. The van der Waals surface area contributed by atoms with Gasteiger partial charge in [0, 0.05) is 21.4 Å². The van der Waals surface area contributed by atoms with Gasteiger partial charge in [-0.25, -0.2) is 0 Å². The lowest BCUT2D eigenvalue weighted by Crippen LogP contribution is -2.22. The summed E-state index contributed by atoms with van der Waals surface area (Å²) in [6, 6.07) is 7.62. The van der Waals surface area contributed by atoms with E-state index in [1.807, 2.05) is 43.5 Å². The van der Waals surface area contributed by atoms with E-state index in [0.717, 1.165) is 16.0 Å². The molecule has 1 aromatic heterocycles. The molecule has 0 bridgehead atoms. The van der Waals surface area contributed by atoms with Crippen molar-refractivity contribution in [3.63, 3.8) is 0 Å². The van der Waals surface area contributed by atoms with Crippen LogP contribution in [0.2, 0.25) is 0 Å². The van der Waals surface area contributed by atoms with Crippen molar-refractivity contribution < 1.29 is 9.90 Å². The maximum absolute atomic E-state index is 12.1. The summed E-state index contributed by atoms with van der Waals surface area (Å²) in [6.07, 6.45) is 0. The molecule has 21 heavy (non-hydrogen) atoms. The molecule has 1 heterocycles. The molecule has 3 nitrogen and oxygen atoms in total. The van der Waals surface area contributed by atoms with Gasteiger partial charge in [-0.3, -0.25) is 4.79 Å². The Bertz CT molecular complexity index is 707. The average molecular weight is 299 g/mol. The second-order valence-corrected chi connectivity index (χ2v) is 5.74. The Morgan fingerprint density at radius 2 is 2.10 bits per heavy atom. The Morgan fingerprint density at radius 3 is 2.81 bits per heavy atom. The SMILES string of the molecule is Cc1ccc(C(=O)NCc2cc(C#CCO)cs2)cc1C. The zero-order valence-corrected chi connectivity index (χ0v) is 12.9. The van der Waals surface area contributed by atoms with E-state index in [1.165, 1.54) is 5.56 Å². The Kier molecular flexibility index (Phi) is 5.15. The van der Waals surface area contributed by atoms with Gasteiger partial charge in [0.25, 0.3) is 5.91 Å². The molecule has 2 aromatic rings. The van der Waals surface area contributed by atoms with Gasteiger partial charge in [0.2, 0.25) is 0 Å². The molecule has 0 fully saturated rings. The third kappa shape index (κ3) is 4.19. The van der Waals surface area contributed by atoms with Crippen molar-refractivity contribution >= 4 is 17.2 Å². The van der Waals surface area contributed by atoms with Crippen LogP contribution in [0.4, 0.5) is 0 Å². The molecule has 0 aliphatic rings. The summed E-state index contributed by atoms with van der Waals surface area (Å²) in [7, 11) is 0. The van der Waals surface area contributed by atoms with Crippen molar-refractivity contribution in [3.8, 4) is 11.8 Å². The van der Waals surface area contributed by atoms with Crippen molar-refractivity contribution in [2.45, 2.75) is 20.4 Å². The van der Waals surface area contributed by atoms with Crippen LogP contribution < -0.4 is 5.32 Å². The fourth-order valence-corrected chi connectivity index (χ4v) is 2.59. The van der Waals surface area contributed by atoms with E-state index in [-0.39, 0.29) is 12.5 Å². The van der Waals surface area contributed by atoms with Crippen LogP contribution in [-0.4, -0.2) is 17.6 Å². The van der Waals surface area contributed by atoms with Gasteiger partial charge in [0.1, 0.15) is 6.61 Å². The summed E-state index contributed by atoms with van der Waals surface area (Å²) < 4.78 is 0. The van der Waals surface area contributed by atoms with Crippen molar-refractivity contribution in [1.29, 1.82) is 0 Å². The monoisotopic (exact) mass is 299 g/mol. The minimum atomic E-state index is -0.144. The number of thiophene rings is 1. The molecule has 0 saturated carbocycles. The van der Waals surface area contributed by atoms with Gasteiger partial charge in [0.15, 0.2) is 0 Å². The molecular formula is C17H17NO2S. The number of nitrogens with one attached hydrogen (secondary N) is 1. The Morgan fingerprint density at radius 1 is 1.29 bits per heavy atom. The van der Waals surface area contributed by atoms with Gasteiger partial charge < -0.3 is 10.4 Å². The van der Waals surface area contributed by atoms with Gasteiger partial charge in [-0.15, -0.1) is 11.3 Å². The lowest BCUT2D eigenvalue weighted by molar-refractivity contribution is 0.0951. The Hall–Kier alpha value is -2.09. The maximum atomic E-state index is 12.1. The van der Waals surface area contributed by atoms with Crippen LogP contribution in [-0.2, 0) is 6.54 Å². The molecule has 0 spiro atoms. The van der Waals surface area contributed by atoms with Crippen molar-refractivity contribution in [2.75, 3.05) is 6.61 Å². The summed E-state index contributed by atoms with van der Waals surface area (Å²) in [6.45, 7) is 4.36. The third-order valence-corrected chi connectivity index (χ3v) is 4.09. The molecule has 108 valence electrons. The molecule has 1 amide bonds. The molecule has 0 aliphatic heterocycles. The number of aliphatic hydroxyl groups excluding tert-OH is 1. The summed E-state index contributed by atoms with van der Waals surface area (Å²) in [5.74, 6) is 5.38. The van der Waals surface area contributed by atoms with Crippen LogP contribution in [0.5, 0.6) is 0 Å². The summed E-state index contributed by atoms with van der Waals surface area (Å²) >= 11 is 1.54. The molecule has 4 heteroatoms. The van der Waals surface area contributed by atoms with Gasteiger partial charge in [-0.05, 0) is 43.2 Å². The third-order valence-electron chi connectivity index (χ3n) is 3.16. The minimum absolute atomic E-state index is 0.0745. The zero-order valence-electron chi connectivity index (χ0n) is 12.1. The van der Waals surface area contributed by atoms with Crippen LogP contribution in [0, 0.1) is 25.7 Å². The molecule has 1 aromatic carbocycles. The van der Waals surface area contributed by atoms with Gasteiger partial charge in [-0.2, -0.15) is 0 Å². The second-order valence-electron chi connectivity index (χ2n) is 4.74. The quantitative estimate of drug-likeness (QED) is 0.856. The van der Waals surface area contributed by atoms with E-state index in [1.54, 1.807) is 11.3 Å². The molecule has 0 unspecified atom stereocenters. The molecule has 0 saturated heterocycles. The molecule has 2 N–H and O–H groups in total. The Labute approximate surface area is 128 Å². The lowest BCUT2D eigenvalue weighted by atomic mass is 10.1. The first kappa shape index (κ1) is 15.3. The average Bonchev–Trinajstić information content (AvgIpc) is 2.93. The van der Waals surface area contributed by atoms with Gasteiger partial charge >= 0.3 is 0 Å². The predicted molar refractivity (Wildman–Crippen MR) is 85.4 cm³/mol. The van der Waals surface area contributed by atoms with Crippen LogP contribution in [0.25, 0.3) is 0 Å². The standard InChI is InChI=1S/C17H17NO2S/c1-12-5-6-15(8-13(12)2)17(20)18-10-16-9-14(11-21-16)4-3-7-19/h5-6,8-9,11,19H,7,10H2,1-2H3,(H,18,20). The van der Waals surface area contributed by atoms with Crippen molar-refractivity contribution in [2.24, 2.45) is 0 Å².